The fraction of sp³-hybridized carbons (Fsp3) is 0.250. The van der Waals surface area contributed by atoms with Crippen LogP contribution in [0.4, 0.5) is 5.69 Å². The SMILES string of the molecule is CCOc1cc(CNc2ccc(I)cc2Cl)ccc1OC. The Morgan fingerprint density at radius 3 is 2.62 bits per heavy atom. The Kier molecular flexibility index (Phi) is 5.99. The van der Waals surface area contributed by atoms with Crippen LogP contribution in [0.2, 0.25) is 5.02 Å². The lowest BCUT2D eigenvalue weighted by atomic mass is 10.2. The molecule has 0 amide bonds. The molecular formula is C16H17ClINO2. The van der Waals surface area contributed by atoms with Gasteiger partial charge in [-0.15, -0.1) is 0 Å². The second kappa shape index (κ2) is 7.75. The fourth-order valence-electron chi connectivity index (χ4n) is 1.93. The van der Waals surface area contributed by atoms with E-state index in [2.05, 4.69) is 27.9 Å². The normalized spacial score (nSPS) is 10.3. The summed E-state index contributed by atoms with van der Waals surface area (Å²) in [6.07, 6.45) is 0. The minimum atomic E-state index is 0.607. The molecule has 0 bridgehead atoms. The number of ether oxygens (including phenoxy) is 2. The molecule has 0 aliphatic rings. The van der Waals surface area contributed by atoms with Crippen molar-refractivity contribution in [3.8, 4) is 11.5 Å². The number of nitrogens with one attached hydrogen (secondary N) is 1. The highest BCUT2D eigenvalue weighted by atomic mass is 127. The summed E-state index contributed by atoms with van der Waals surface area (Å²) in [6.45, 7) is 3.23. The van der Waals surface area contributed by atoms with E-state index in [0.29, 0.717) is 13.2 Å². The first-order valence-electron chi connectivity index (χ1n) is 6.62. The second-order valence-corrected chi connectivity index (χ2v) is 6.05. The molecule has 0 spiro atoms. The van der Waals surface area contributed by atoms with E-state index in [1.165, 1.54) is 0 Å². The summed E-state index contributed by atoms with van der Waals surface area (Å²) < 4.78 is 12.0. The van der Waals surface area contributed by atoms with Gasteiger partial charge < -0.3 is 14.8 Å². The van der Waals surface area contributed by atoms with Crippen LogP contribution in [0.15, 0.2) is 36.4 Å². The predicted octanol–water partition coefficient (Wildman–Crippen LogP) is 4.96. The third-order valence-corrected chi connectivity index (χ3v) is 3.93. The standard InChI is InChI=1S/C16H17ClINO2/c1-3-21-16-8-11(4-7-15(16)20-2)10-19-14-6-5-12(18)9-13(14)17/h4-9,19H,3,10H2,1-2H3. The van der Waals surface area contributed by atoms with Crippen molar-refractivity contribution in [1.82, 2.24) is 0 Å². The quantitative estimate of drug-likeness (QED) is 0.674. The summed E-state index contributed by atoms with van der Waals surface area (Å²) in [5, 5.41) is 4.05. The Morgan fingerprint density at radius 1 is 1.14 bits per heavy atom. The van der Waals surface area contributed by atoms with Crippen LogP contribution in [0.25, 0.3) is 0 Å². The summed E-state index contributed by atoms with van der Waals surface area (Å²) in [5.74, 6) is 1.50. The molecule has 2 aromatic carbocycles. The van der Waals surface area contributed by atoms with Crippen molar-refractivity contribution in [2.24, 2.45) is 0 Å². The van der Waals surface area contributed by atoms with E-state index in [-0.39, 0.29) is 0 Å². The lowest BCUT2D eigenvalue weighted by Crippen LogP contribution is -2.02. The van der Waals surface area contributed by atoms with Gasteiger partial charge in [-0.05, 0) is 65.4 Å². The van der Waals surface area contributed by atoms with Gasteiger partial charge >= 0.3 is 0 Å². The van der Waals surface area contributed by atoms with E-state index in [1.54, 1.807) is 7.11 Å². The van der Waals surface area contributed by atoms with Crippen molar-refractivity contribution in [3.63, 3.8) is 0 Å². The molecule has 0 aliphatic carbocycles. The van der Waals surface area contributed by atoms with Crippen LogP contribution < -0.4 is 14.8 Å². The van der Waals surface area contributed by atoms with E-state index in [0.717, 1.165) is 31.3 Å². The van der Waals surface area contributed by atoms with Crippen LogP contribution in [0.3, 0.4) is 0 Å². The zero-order valence-corrected chi connectivity index (χ0v) is 14.9. The van der Waals surface area contributed by atoms with E-state index in [1.807, 2.05) is 43.3 Å². The van der Waals surface area contributed by atoms with E-state index in [4.69, 9.17) is 21.1 Å². The molecule has 2 aromatic rings. The van der Waals surface area contributed by atoms with Crippen LogP contribution in [0.5, 0.6) is 11.5 Å². The van der Waals surface area contributed by atoms with Gasteiger partial charge in [0.1, 0.15) is 0 Å². The Labute approximate surface area is 143 Å². The maximum absolute atomic E-state index is 6.21. The van der Waals surface area contributed by atoms with Crippen LogP contribution in [-0.4, -0.2) is 13.7 Å². The topological polar surface area (TPSA) is 30.5 Å². The van der Waals surface area contributed by atoms with Crippen molar-refractivity contribution in [3.05, 3.63) is 50.6 Å². The zero-order chi connectivity index (χ0) is 15.2. The third kappa shape index (κ3) is 4.41. The molecule has 1 N–H and O–H groups in total. The molecule has 3 nitrogen and oxygen atoms in total. The number of methoxy groups -OCH3 is 1. The highest BCUT2D eigenvalue weighted by molar-refractivity contribution is 14.1. The predicted molar refractivity (Wildman–Crippen MR) is 95.7 cm³/mol. The average Bonchev–Trinajstić information content (AvgIpc) is 2.47. The molecular weight excluding hydrogens is 401 g/mol. The molecule has 0 atom stereocenters. The number of hydrogen-bond acceptors (Lipinski definition) is 3. The van der Waals surface area contributed by atoms with Crippen LogP contribution in [0, 0.1) is 3.57 Å². The minimum Gasteiger partial charge on any atom is -0.493 e. The smallest absolute Gasteiger partial charge is 0.161 e. The molecule has 21 heavy (non-hydrogen) atoms. The maximum atomic E-state index is 6.21. The van der Waals surface area contributed by atoms with Crippen molar-refractivity contribution >= 4 is 39.9 Å². The summed E-state index contributed by atoms with van der Waals surface area (Å²) in [6, 6.07) is 11.8. The second-order valence-electron chi connectivity index (χ2n) is 4.40. The lowest BCUT2D eigenvalue weighted by molar-refractivity contribution is 0.310. The highest BCUT2D eigenvalue weighted by Gasteiger charge is 2.06. The Hall–Kier alpha value is -1.14. The summed E-state index contributed by atoms with van der Waals surface area (Å²) in [7, 11) is 1.64. The summed E-state index contributed by atoms with van der Waals surface area (Å²) >= 11 is 8.45. The van der Waals surface area contributed by atoms with Crippen molar-refractivity contribution in [2.75, 3.05) is 19.0 Å². The first-order valence-corrected chi connectivity index (χ1v) is 8.08. The van der Waals surface area contributed by atoms with Crippen LogP contribution >= 0.6 is 34.2 Å². The minimum absolute atomic E-state index is 0.607. The molecule has 0 fully saturated rings. The molecule has 5 heteroatoms. The largest absolute Gasteiger partial charge is 0.493 e. The molecule has 0 aromatic heterocycles. The first-order chi connectivity index (χ1) is 10.1. The molecule has 0 saturated carbocycles. The molecule has 0 saturated heterocycles. The summed E-state index contributed by atoms with van der Waals surface area (Å²) in [4.78, 5) is 0. The van der Waals surface area contributed by atoms with Gasteiger partial charge in [-0.25, -0.2) is 0 Å². The molecule has 2 rings (SSSR count). The number of benzene rings is 2. The van der Waals surface area contributed by atoms with Gasteiger partial charge in [-0.3, -0.25) is 0 Å². The molecule has 0 unspecified atom stereocenters. The fourth-order valence-corrected chi connectivity index (χ4v) is 2.85. The van der Waals surface area contributed by atoms with Gasteiger partial charge in [0.2, 0.25) is 0 Å². The Morgan fingerprint density at radius 2 is 1.95 bits per heavy atom. The van der Waals surface area contributed by atoms with Crippen LogP contribution in [-0.2, 0) is 6.54 Å². The monoisotopic (exact) mass is 417 g/mol. The number of hydrogen-bond donors (Lipinski definition) is 1. The van der Waals surface area contributed by atoms with Gasteiger partial charge in [0, 0.05) is 10.1 Å². The zero-order valence-electron chi connectivity index (χ0n) is 12.0. The average molecular weight is 418 g/mol. The molecule has 0 aliphatic heterocycles. The maximum Gasteiger partial charge on any atom is 0.161 e. The van der Waals surface area contributed by atoms with Gasteiger partial charge in [0.05, 0.1) is 24.4 Å². The van der Waals surface area contributed by atoms with Gasteiger partial charge in [0.25, 0.3) is 0 Å². The lowest BCUT2D eigenvalue weighted by Gasteiger charge is -2.13. The highest BCUT2D eigenvalue weighted by Crippen LogP contribution is 2.29. The number of halogens is 2. The van der Waals surface area contributed by atoms with Gasteiger partial charge in [0.15, 0.2) is 11.5 Å². The number of anilines is 1. The van der Waals surface area contributed by atoms with E-state index < -0.39 is 0 Å². The Balaban J connectivity index is 2.10. The molecule has 0 radical (unpaired) electrons. The van der Waals surface area contributed by atoms with Crippen molar-refractivity contribution < 1.29 is 9.47 Å². The van der Waals surface area contributed by atoms with Gasteiger partial charge in [-0.1, -0.05) is 17.7 Å². The third-order valence-electron chi connectivity index (χ3n) is 2.94. The summed E-state index contributed by atoms with van der Waals surface area (Å²) in [5.41, 5.74) is 2.03. The van der Waals surface area contributed by atoms with Crippen molar-refractivity contribution in [1.29, 1.82) is 0 Å². The van der Waals surface area contributed by atoms with E-state index >= 15 is 0 Å². The van der Waals surface area contributed by atoms with Gasteiger partial charge in [-0.2, -0.15) is 0 Å². The first kappa shape index (κ1) is 16.2. The van der Waals surface area contributed by atoms with E-state index in [9.17, 15) is 0 Å². The molecule has 0 heterocycles. The number of rotatable bonds is 6. The van der Waals surface area contributed by atoms with Crippen LogP contribution in [0.1, 0.15) is 12.5 Å². The Bertz CT molecular complexity index is 619. The molecule has 112 valence electrons. The van der Waals surface area contributed by atoms with Crippen molar-refractivity contribution in [2.45, 2.75) is 13.5 Å².